The van der Waals surface area contributed by atoms with Crippen molar-refractivity contribution in [2.75, 3.05) is 38.2 Å². The fraction of sp³-hybridized carbons (Fsp3) is 0.429. The van der Waals surface area contributed by atoms with E-state index in [4.69, 9.17) is 9.15 Å². The van der Waals surface area contributed by atoms with Crippen LogP contribution < -0.4 is 15.0 Å². The zero-order valence-electron chi connectivity index (χ0n) is 16.6. The summed E-state index contributed by atoms with van der Waals surface area (Å²) in [5, 5.41) is 2.82. The lowest BCUT2D eigenvalue weighted by Crippen LogP contribution is -2.56. The van der Waals surface area contributed by atoms with Crippen molar-refractivity contribution < 1.29 is 18.7 Å². The molecule has 1 N–H and O–H groups in total. The first-order valence-electron chi connectivity index (χ1n) is 9.51. The number of methoxy groups -OCH3 is 1. The Morgan fingerprint density at radius 2 is 1.86 bits per heavy atom. The van der Waals surface area contributed by atoms with Crippen LogP contribution in [-0.2, 0) is 4.79 Å². The highest BCUT2D eigenvalue weighted by Gasteiger charge is 2.31. The molecule has 7 heteroatoms. The van der Waals surface area contributed by atoms with Crippen molar-refractivity contribution in [3.63, 3.8) is 0 Å². The van der Waals surface area contributed by atoms with Gasteiger partial charge in [-0.05, 0) is 30.2 Å². The van der Waals surface area contributed by atoms with E-state index in [1.54, 1.807) is 19.2 Å². The number of anilines is 1. The SMILES string of the molecule is COc1cccc(N2CCN(C(=O)C(NC(=O)c3ccco3)C(C)C)CC2)c1. The van der Waals surface area contributed by atoms with Crippen LogP contribution >= 0.6 is 0 Å². The molecule has 1 aromatic carbocycles. The molecule has 1 aliphatic heterocycles. The number of carbonyl (C=O) groups is 2. The van der Waals surface area contributed by atoms with Gasteiger partial charge in [0.2, 0.25) is 5.91 Å². The summed E-state index contributed by atoms with van der Waals surface area (Å²) in [4.78, 5) is 29.4. The fourth-order valence-corrected chi connectivity index (χ4v) is 3.32. The number of rotatable bonds is 6. The third-order valence-electron chi connectivity index (χ3n) is 4.97. The molecule has 7 nitrogen and oxygen atoms in total. The molecule has 0 aliphatic carbocycles. The molecule has 1 aromatic heterocycles. The summed E-state index contributed by atoms with van der Waals surface area (Å²) in [6.07, 6.45) is 1.44. The summed E-state index contributed by atoms with van der Waals surface area (Å²) >= 11 is 0. The van der Waals surface area contributed by atoms with Crippen molar-refractivity contribution in [3.05, 3.63) is 48.4 Å². The molecule has 2 amide bonds. The van der Waals surface area contributed by atoms with Gasteiger partial charge in [-0.25, -0.2) is 0 Å². The van der Waals surface area contributed by atoms with Crippen LogP contribution in [0.3, 0.4) is 0 Å². The lowest BCUT2D eigenvalue weighted by atomic mass is 10.0. The molecule has 2 aromatic rings. The van der Waals surface area contributed by atoms with Crippen molar-refractivity contribution >= 4 is 17.5 Å². The van der Waals surface area contributed by atoms with Gasteiger partial charge < -0.3 is 24.3 Å². The van der Waals surface area contributed by atoms with E-state index in [9.17, 15) is 9.59 Å². The number of amides is 2. The first-order chi connectivity index (χ1) is 13.5. The predicted octanol–water partition coefficient (Wildman–Crippen LogP) is 2.39. The molecule has 0 saturated carbocycles. The summed E-state index contributed by atoms with van der Waals surface area (Å²) in [5.74, 6) is 0.577. The fourth-order valence-electron chi connectivity index (χ4n) is 3.32. The lowest BCUT2D eigenvalue weighted by molar-refractivity contribution is -0.134. The van der Waals surface area contributed by atoms with Crippen molar-refractivity contribution in [1.29, 1.82) is 0 Å². The highest BCUT2D eigenvalue weighted by Crippen LogP contribution is 2.22. The number of nitrogens with one attached hydrogen (secondary N) is 1. The van der Waals surface area contributed by atoms with Crippen LogP contribution in [-0.4, -0.2) is 56.0 Å². The molecule has 1 unspecified atom stereocenters. The summed E-state index contributed by atoms with van der Waals surface area (Å²) in [5.41, 5.74) is 1.08. The molecular formula is C21H27N3O4. The van der Waals surface area contributed by atoms with Crippen molar-refractivity contribution in [3.8, 4) is 5.75 Å². The number of hydrogen-bond donors (Lipinski definition) is 1. The standard InChI is InChI=1S/C21H27N3O4/c1-15(2)19(22-20(25)18-8-5-13-28-18)21(26)24-11-9-23(10-12-24)16-6-4-7-17(14-16)27-3/h4-8,13-15,19H,9-12H2,1-3H3,(H,22,25). The van der Waals surface area contributed by atoms with Gasteiger partial charge in [-0.1, -0.05) is 19.9 Å². The quantitative estimate of drug-likeness (QED) is 0.826. The Bertz CT molecular complexity index is 796. The van der Waals surface area contributed by atoms with Crippen molar-refractivity contribution in [2.24, 2.45) is 5.92 Å². The Balaban J connectivity index is 1.61. The van der Waals surface area contributed by atoms with Crippen molar-refractivity contribution in [2.45, 2.75) is 19.9 Å². The van der Waals surface area contributed by atoms with Crippen molar-refractivity contribution in [1.82, 2.24) is 10.2 Å². The van der Waals surface area contributed by atoms with Gasteiger partial charge in [0, 0.05) is 37.9 Å². The van der Waals surface area contributed by atoms with Gasteiger partial charge in [0.05, 0.1) is 13.4 Å². The third-order valence-corrected chi connectivity index (χ3v) is 4.97. The van der Waals surface area contributed by atoms with Crippen LogP contribution in [0.2, 0.25) is 0 Å². The average molecular weight is 385 g/mol. The van der Waals surface area contributed by atoms with E-state index in [2.05, 4.69) is 10.2 Å². The molecule has 0 radical (unpaired) electrons. The summed E-state index contributed by atoms with van der Waals surface area (Å²) in [6.45, 7) is 6.53. The Labute approximate surface area is 165 Å². The Kier molecular flexibility index (Phi) is 6.23. The molecule has 150 valence electrons. The number of nitrogens with zero attached hydrogens (tertiary/aromatic N) is 2. The second kappa shape index (κ2) is 8.82. The number of hydrogen-bond acceptors (Lipinski definition) is 5. The molecular weight excluding hydrogens is 358 g/mol. The summed E-state index contributed by atoms with van der Waals surface area (Å²) < 4.78 is 10.4. The van der Waals surface area contributed by atoms with E-state index in [1.807, 2.05) is 43.0 Å². The smallest absolute Gasteiger partial charge is 0.287 e. The zero-order chi connectivity index (χ0) is 20.1. The lowest BCUT2D eigenvalue weighted by Gasteiger charge is -2.38. The van der Waals surface area contributed by atoms with Crippen LogP contribution in [0.15, 0.2) is 47.1 Å². The topological polar surface area (TPSA) is 75.0 Å². The van der Waals surface area contributed by atoms with Crippen LogP contribution in [0.1, 0.15) is 24.4 Å². The zero-order valence-corrected chi connectivity index (χ0v) is 16.6. The molecule has 1 saturated heterocycles. The number of ether oxygens (including phenoxy) is 1. The van der Waals surface area contributed by atoms with E-state index in [1.165, 1.54) is 6.26 Å². The molecule has 2 heterocycles. The minimum absolute atomic E-state index is 0.0252. The monoisotopic (exact) mass is 385 g/mol. The highest BCUT2D eigenvalue weighted by molar-refractivity contribution is 5.95. The first kappa shape index (κ1) is 19.8. The largest absolute Gasteiger partial charge is 0.497 e. The number of carbonyl (C=O) groups excluding carboxylic acids is 2. The highest BCUT2D eigenvalue weighted by atomic mass is 16.5. The molecule has 1 atom stereocenters. The van der Waals surface area contributed by atoms with E-state index < -0.39 is 6.04 Å². The van der Waals surface area contributed by atoms with Crippen LogP contribution in [0.5, 0.6) is 5.75 Å². The Morgan fingerprint density at radius 3 is 2.46 bits per heavy atom. The Morgan fingerprint density at radius 1 is 1.11 bits per heavy atom. The minimum Gasteiger partial charge on any atom is -0.497 e. The first-order valence-corrected chi connectivity index (χ1v) is 9.51. The summed E-state index contributed by atoms with van der Waals surface area (Å²) in [6, 6.07) is 10.6. The average Bonchev–Trinajstić information content (AvgIpc) is 3.26. The van der Waals surface area contributed by atoms with Crippen LogP contribution in [0.4, 0.5) is 5.69 Å². The second-order valence-electron chi connectivity index (χ2n) is 7.19. The number of benzene rings is 1. The molecule has 1 fully saturated rings. The van der Waals surface area contributed by atoms with Crippen LogP contribution in [0.25, 0.3) is 0 Å². The maximum atomic E-state index is 13.0. The van der Waals surface area contributed by atoms with Crippen LogP contribution in [0, 0.1) is 5.92 Å². The van der Waals surface area contributed by atoms with Gasteiger partial charge in [-0.2, -0.15) is 0 Å². The van der Waals surface area contributed by atoms with Gasteiger partial charge in [0.25, 0.3) is 5.91 Å². The normalized spacial score (nSPS) is 15.4. The van der Waals surface area contributed by atoms with Gasteiger partial charge in [-0.15, -0.1) is 0 Å². The third kappa shape index (κ3) is 4.47. The van der Waals surface area contributed by atoms with Gasteiger partial charge in [0.15, 0.2) is 5.76 Å². The molecule has 1 aliphatic rings. The maximum absolute atomic E-state index is 13.0. The molecule has 0 bridgehead atoms. The molecule has 0 spiro atoms. The second-order valence-corrected chi connectivity index (χ2v) is 7.19. The van der Waals surface area contributed by atoms with Gasteiger partial charge >= 0.3 is 0 Å². The van der Waals surface area contributed by atoms with E-state index in [0.717, 1.165) is 24.5 Å². The minimum atomic E-state index is -0.582. The summed E-state index contributed by atoms with van der Waals surface area (Å²) in [7, 11) is 1.65. The number of piperazine rings is 1. The predicted molar refractivity (Wildman–Crippen MR) is 107 cm³/mol. The number of furan rings is 1. The van der Waals surface area contributed by atoms with Gasteiger partial charge in [0.1, 0.15) is 11.8 Å². The van der Waals surface area contributed by atoms with E-state index in [-0.39, 0.29) is 23.5 Å². The van der Waals surface area contributed by atoms with Gasteiger partial charge in [-0.3, -0.25) is 9.59 Å². The Hall–Kier alpha value is -2.96. The molecule has 3 rings (SSSR count). The molecule has 28 heavy (non-hydrogen) atoms. The maximum Gasteiger partial charge on any atom is 0.287 e. The van der Waals surface area contributed by atoms with E-state index in [0.29, 0.717) is 13.1 Å². The van der Waals surface area contributed by atoms with E-state index >= 15 is 0 Å².